The molecule has 0 unspecified atom stereocenters. The molecule has 0 atom stereocenters. The number of nitrogens with two attached hydrogens (primary N) is 1. The lowest BCUT2D eigenvalue weighted by atomic mass is 10.1. The molecule has 0 spiro atoms. The Morgan fingerprint density at radius 2 is 1.71 bits per heavy atom. The van der Waals surface area contributed by atoms with E-state index in [9.17, 15) is 10.1 Å². The number of nitrogen functional groups attached to an aromatic ring is 1. The van der Waals surface area contributed by atoms with Gasteiger partial charge in [0.2, 0.25) is 11.8 Å². The van der Waals surface area contributed by atoms with E-state index in [1.165, 1.54) is 58.8 Å². The van der Waals surface area contributed by atoms with Crippen LogP contribution in [0.15, 0.2) is 24.4 Å². The van der Waals surface area contributed by atoms with E-state index < -0.39 is 4.92 Å². The van der Waals surface area contributed by atoms with Crippen molar-refractivity contribution in [1.29, 1.82) is 0 Å². The van der Waals surface area contributed by atoms with Crippen molar-refractivity contribution >= 4 is 22.7 Å². The molecular weight excluding hydrogens is 438 g/mol. The predicted molar refractivity (Wildman–Crippen MR) is 128 cm³/mol. The molecule has 182 valence electrons. The average molecular weight is 470 g/mol. The summed E-state index contributed by atoms with van der Waals surface area (Å²) in [5, 5.41) is 12.4. The third-order valence-electron chi connectivity index (χ3n) is 6.42. The fourth-order valence-electron chi connectivity index (χ4n) is 4.66. The Kier molecular flexibility index (Phi) is 7.34. The number of nitrogens with zero attached hydrogens (tertiary/aromatic N) is 4. The molecular formula is C24H31N5O5. The van der Waals surface area contributed by atoms with Gasteiger partial charge in [0.05, 0.1) is 36.2 Å². The fourth-order valence-corrected chi connectivity index (χ4v) is 4.66. The average Bonchev–Trinajstić information content (AvgIpc) is 3.30. The van der Waals surface area contributed by atoms with Gasteiger partial charge < -0.3 is 24.5 Å². The summed E-state index contributed by atoms with van der Waals surface area (Å²) in [5.41, 5.74) is 6.97. The van der Waals surface area contributed by atoms with Crippen LogP contribution in [0.25, 0.3) is 11.0 Å². The highest BCUT2D eigenvalue weighted by Gasteiger charge is 2.22. The minimum absolute atomic E-state index is 0.0865. The van der Waals surface area contributed by atoms with Crippen LogP contribution in [0.5, 0.6) is 17.4 Å². The maximum Gasteiger partial charge on any atom is 0.280 e. The van der Waals surface area contributed by atoms with Crippen LogP contribution in [0.4, 0.5) is 11.6 Å². The van der Waals surface area contributed by atoms with E-state index in [4.69, 9.17) is 19.9 Å². The molecule has 0 amide bonds. The molecule has 0 aliphatic heterocycles. The Bertz CT molecular complexity index is 1150. The van der Waals surface area contributed by atoms with Crippen LogP contribution in [0.1, 0.15) is 63.0 Å². The number of hydrogen-bond donors (Lipinski definition) is 1. The molecule has 10 nitrogen and oxygen atoms in total. The smallest absolute Gasteiger partial charge is 0.280 e. The highest BCUT2D eigenvalue weighted by Crippen LogP contribution is 2.36. The minimum atomic E-state index is -0.474. The van der Waals surface area contributed by atoms with Crippen molar-refractivity contribution < 1.29 is 19.1 Å². The van der Waals surface area contributed by atoms with E-state index in [-0.39, 0.29) is 24.0 Å². The topological polar surface area (TPSA) is 128 Å². The molecule has 34 heavy (non-hydrogen) atoms. The van der Waals surface area contributed by atoms with Crippen molar-refractivity contribution in [2.45, 2.75) is 64.0 Å². The fraction of sp³-hybridized carbons (Fsp3) is 0.500. The maximum atomic E-state index is 11.6. The first-order chi connectivity index (χ1) is 16.5. The molecule has 4 rings (SSSR count). The number of fused-ring (bicyclic) bond motifs is 1. The molecule has 0 bridgehead atoms. The van der Waals surface area contributed by atoms with Gasteiger partial charge in [-0.3, -0.25) is 10.1 Å². The van der Waals surface area contributed by atoms with Gasteiger partial charge in [0.25, 0.3) is 5.69 Å². The third kappa shape index (κ3) is 5.00. The summed E-state index contributed by atoms with van der Waals surface area (Å²) in [7, 11) is 2.91. The van der Waals surface area contributed by atoms with Crippen molar-refractivity contribution in [3.63, 3.8) is 0 Å². The zero-order chi connectivity index (χ0) is 24.1. The van der Waals surface area contributed by atoms with Gasteiger partial charge in [0, 0.05) is 12.2 Å². The van der Waals surface area contributed by atoms with E-state index in [2.05, 4.69) is 14.5 Å². The van der Waals surface area contributed by atoms with Gasteiger partial charge in [-0.25, -0.2) is 0 Å². The van der Waals surface area contributed by atoms with Crippen LogP contribution >= 0.6 is 0 Å². The molecule has 2 N–H and O–H groups in total. The summed E-state index contributed by atoms with van der Waals surface area (Å²) in [6.45, 7) is -0.0865. The summed E-state index contributed by atoms with van der Waals surface area (Å²) in [6.07, 6.45) is 11.7. The Labute approximate surface area is 198 Å². The molecule has 3 aromatic rings. The second kappa shape index (κ2) is 10.6. The Morgan fingerprint density at radius 3 is 2.35 bits per heavy atom. The highest BCUT2D eigenvalue weighted by atomic mass is 16.6. The predicted octanol–water partition coefficient (Wildman–Crippen LogP) is 5.19. The SMILES string of the molecule is COc1cc(COc2nc(N)nc3c2ccn3C2CCCCCCCC2)c([N+](=O)[O-])cc1OC. The number of rotatable bonds is 7. The zero-order valence-corrected chi connectivity index (χ0v) is 19.7. The molecule has 0 radical (unpaired) electrons. The van der Waals surface area contributed by atoms with Crippen LogP contribution in [-0.2, 0) is 6.61 Å². The van der Waals surface area contributed by atoms with E-state index in [0.717, 1.165) is 23.9 Å². The molecule has 2 heterocycles. The molecule has 1 aromatic carbocycles. The van der Waals surface area contributed by atoms with E-state index in [1.54, 1.807) is 6.07 Å². The van der Waals surface area contributed by atoms with Gasteiger partial charge in [-0.2, -0.15) is 9.97 Å². The normalized spacial score (nSPS) is 15.4. The van der Waals surface area contributed by atoms with Gasteiger partial charge in [-0.15, -0.1) is 0 Å². The number of benzene rings is 1. The summed E-state index contributed by atoms with van der Waals surface area (Å²) in [6, 6.07) is 5.15. The standard InChI is InChI=1S/C24H31N5O5/c1-32-20-13-16(19(29(30)31)14-21(20)33-2)15-34-23-18-11-12-28(22(18)26-24(25)27-23)17-9-7-5-3-4-6-8-10-17/h11-14,17H,3-10,15H2,1-2H3,(H2,25,26,27). The zero-order valence-electron chi connectivity index (χ0n) is 19.7. The Hall–Kier alpha value is -3.56. The van der Waals surface area contributed by atoms with Gasteiger partial charge >= 0.3 is 0 Å². The van der Waals surface area contributed by atoms with Crippen molar-refractivity contribution in [3.8, 4) is 17.4 Å². The van der Waals surface area contributed by atoms with Crippen LogP contribution in [0, 0.1) is 10.1 Å². The number of nitro benzene ring substituents is 1. The van der Waals surface area contributed by atoms with Crippen LogP contribution in [0.2, 0.25) is 0 Å². The van der Waals surface area contributed by atoms with E-state index >= 15 is 0 Å². The van der Waals surface area contributed by atoms with Gasteiger partial charge in [-0.1, -0.05) is 38.5 Å². The summed E-state index contributed by atoms with van der Waals surface area (Å²) in [4.78, 5) is 19.9. The first kappa shape index (κ1) is 23.6. The lowest BCUT2D eigenvalue weighted by Gasteiger charge is -2.19. The molecule has 1 aliphatic rings. The van der Waals surface area contributed by atoms with Gasteiger partial charge in [0.1, 0.15) is 12.3 Å². The first-order valence-electron chi connectivity index (χ1n) is 11.7. The summed E-state index contributed by atoms with van der Waals surface area (Å²) < 4.78 is 18.6. The molecule has 10 heteroatoms. The number of anilines is 1. The van der Waals surface area contributed by atoms with Crippen molar-refractivity contribution in [2.75, 3.05) is 20.0 Å². The van der Waals surface area contributed by atoms with Crippen molar-refractivity contribution in [3.05, 3.63) is 40.1 Å². The highest BCUT2D eigenvalue weighted by molar-refractivity contribution is 5.82. The van der Waals surface area contributed by atoms with E-state index in [1.807, 2.05) is 12.3 Å². The Balaban J connectivity index is 1.64. The second-order valence-corrected chi connectivity index (χ2v) is 8.58. The lowest BCUT2D eigenvalue weighted by molar-refractivity contribution is -0.385. The van der Waals surface area contributed by atoms with Crippen LogP contribution < -0.4 is 19.9 Å². The second-order valence-electron chi connectivity index (χ2n) is 8.58. The van der Waals surface area contributed by atoms with E-state index in [0.29, 0.717) is 23.2 Å². The first-order valence-corrected chi connectivity index (χ1v) is 11.7. The monoisotopic (exact) mass is 469 g/mol. The number of methoxy groups -OCH3 is 2. The number of ether oxygens (including phenoxy) is 3. The molecule has 1 fully saturated rings. The molecule has 1 aliphatic carbocycles. The maximum absolute atomic E-state index is 11.6. The quantitative estimate of drug-likeness (QED) is 0.370. The lowest BCUT2D eigenvalue weighted by Crippen LogP contribution is -2.10. The molecule has 0 saturated heterocycles. The number of hydrogen-bond acceptors (Lipinski definition) is 8. The number of nitro groups is 1. The minimum Gasteiger partial charge on any atom is -0.493 e. The summed E-state index contributed by atoms with van der Waals surface area (Å²) in [5.74, 6) is 1.06. The number of aromatic nitrogens is 3. The Morgan fingerprint density at radius 1 is 1.06 bits per heavy atom. The molecule has 1 saturated carbocycles. The van der Waals surface area contributed by atoms with Gasteiger partial charge in [0.15, 0.2) is 11.5 Å². The van der Waals surface area contributed by atoms with Crippen LogP contribution in [-0.4, -0.2) is 33.7 Å². The third-order valence-corrected chi connectivity index (χ3v) is 6.42. The molecule has 2 aromatic heterocycles. The van der Waals surface area contributed by atoms with Gasteiger partial charge in [-0.05, 0) is 25.0 Å². The van der Waals surface area contributed by atoms with Crippen molar-refractivity contribution in [1.82, 2.24) is 14.5 Å². The van der Waals surface area contributed by atoms with Crippen LogP contribution in [0.3, 0.4) is 0 Å². The largest absolute Gasteiger partial charge is 0.493 e. The summed E-state index contributed by atoms with van der Waals surface area (Å²) >= 11 is 0. The van der Waals surface area contributed by atoms with Crippen molar-refractivity contribution in [2.24, 2.45) is 0 Å².